The molecule has 0 saturated heterocycles. The lowest BCUT2D eigenvalue weighted by atomic mass is 10.1. The average molecular weight is 214 g/mol. The summed E-state index contributed by atoms with van der Waals surface area (Å²) in [4.78, 5) is 39.1. The highest BCUT2D eigenvalue weighted by Gasteiger charge is 2.27. The summed E-state index contributed by atoms with van der Waals surface area (Å²) in [5.74, 6) is -0.276. The van der Waals surface area contributed by atoms with Crippen molar-refractivity contribution in [3.05, 3.63) is 56.4 Å². The molecular formula is C11H6N2O3. The molecule has 0 bridgehead atoms. The maximum Gasteiger partial charge on any atom is 0.248 e. The summed E-state index contributed by atoms with van der Waals surface area (Å²) in [6.07, 6.45) is 2.97. The Balaban J connectivity index is 2.43. The average Bonchev–Trinajstić information content (AvgIpc) is 2.53. The van der Waals surface area contributed by atoms with Crippen LogP contribution in [0, 0.1) is 0 Å². The molecule has 0 radical (unpaired) electrons. The maximum atomic E-state index is 11.9. The van der Waals surface area contributed by atoms with E-state index in [1.54, 1.807) is 0 Å². The van der Waals surface area contributed by atoms with Crippen LogP contribution < -0.4 is 11.1 Å². The zero-order chi connectivity index (χ0) is 11.3. The number of carbonyl (C=O) groups excluding carboxylic acids is 1. The fourth-order valence-corrected chi connectivity index (χ4v) is 1.91. The van der Waals surface area contributed by atoms with Gasteiger partial charge in [0.15, 0.2) is 5.78 Å². The number of fused-ring (bicyclic) bond motifs is 3. The van der Waals surface area contributed by atoms with Gasteiger partial charge in [-0.25, -0.2) is 0 Å². The summed E-state index contributed by atoms with van der Waals surface area (Å²) in [6, 6.07) is 2.50. The standard InChI is InChI=1S/C11H6N2O3/c14-9-1-5-7(3-12-9)8-4-13-10(15)2-6(8)11(5)16/h1-4H,(H,12,14)(H,13,15). The predicted molar refractivity (Wildman–Crippen MR) is 56.6 cm³/mol. The van der Waals surface area contributed by atoms with E-state index >= 15 is 0 Å². The normalized spacial score (nSPS) is 12.4. The summed E-state index contributed by atoms with van der Waals surface area (Å²) < 4.78 is 0. The van der Waals surface area contributed by atoms with Crippen LogP contribution in [0.25, 0.3) is 11.1 Å². The lowest BCUT2D eigenvalue weighted by molar-refractivity contribution is 0.104. The molecule has 0 aliphatic heterocycles. The van der Waals surface area contributed by atoms with E-state index in [0.29, 0.717) is 22.3 Å². The highest BCUT2D eigenvalue weighted by atomic mass is 16.1. The molecule has 2 aromatic rings. The van der Waals surface area contributed by atoms with Crippen LogP contribution >= 0.6 is 0 Å². The van der Waals surface area contributed by atoms with E-state index in [0.717, 1.165) is 0 Å². The van der Waals surface area contributed by atoms with Crippen LogP contribution in [0.1, 0.15) is 15.9 Å². The molecule has 78 valence electrons. The molecule has 2 N–H and O–H groups in total. The summed E-state index contributed by atoms with van der Waals surface area (Å²) in [7, 11) is 0. The van der Waals surface area contributed by atoms with Gasteiger partial charge in [-0.1, -0.05) is 0 Å². The molecule has 0 fully saturated rings. The van der Waals surface area contributed by atoms with Gasteiger partial charge in [-0.2, -0.15) is 0 Å². The summed E-state index contributed by atoms with van der Waals surface area (Å²) in [5.41, 5.74) is 1.33. The number of carbonyl (C=O) groups is 1. The molecule has 2 aromatic heterocycles. The van der Waals surface area contributed by atoms with E-state index in [1.807, 2.05) is 0 Å². The number of pyridine rings is 2. The van der Waals surface area contributed by atoms with E-state index < -0.39 is 0 Å². The van der Waals surface area contributed by atoms with Crippen LogP contribution in [0.4, 0.5) is 0 Å². The highest BCUT2D eigenvalue weighted by Crippen LogP contribution is 2.33. The number of rotatable bonds is 0. The molecule has 2 heterocycles. The molecule has 0 aromatic carbocycles. The van der Waals surface area contributed by atoms with Gasteiger partial charge in [-0.3, -0.25) is 14.4 Å². The van der Waals surface area contributed by atoms with Crippen LogP contribution in [-0.4, -0.2) is 15.8 Å². The molecular weight excluding hydrogens is 208 g/mol. The Morgan fingerprint density at radius 2 is 1.12 bits per heavy atom. The second-order valence-electron chi connectivity index (χ2n) is 3.58. The van der Waals surface area contributed by atoms with Gasteiger partial charge in [0.25, 0.3) is 0 Å². The van der Waals surface area contributed by atoms with Gasteiger partial charge >= 0.3 is 0 Å². The number of ketones is 1. The minimum Gasteiger partial charge on any atom is -0.328 e. The van der Waals surface area contributed by atoms with Crippen LogP contribution in [0.5, 0.6) is 0 Å². The molecule has 0 saturated carbocycles. The third-order valence-corrected chi connectivity index (χ3v) is 2.63. The van der Waals surface area contributed by atoms with Gasteiger partial charge in [-0.05, 0) is 0 Å². The van der Waals surface area contributed by atoms with Crippen molar-refractivity contribution in [3.8, 4) is 11.1 Å². The van der Waals surface area contributed by atoms with Gasteiger partial charge in [0.1, 0.15) is 0 Å². The molecule has 0 amide bonds. The van der Waals surface area contributed by atoms with Crippen LogP contribution in [0.3, 0.4) is 0 Å². The van der Waals surface area contributed by atoms with E-state index in [-0.39, 0.29) is 16.9 Å². The zero-order valence-corrected chi connectivity index (χ0v) is 8.03. The number of H-pyrrole nitrogens is 2. The molecule has 0 unspecified atom stereocenters. The number of aromatic nitrogens is 2. The van der Waals surface area contributed by atoms with E-state index in [2.05, 4.69) is 9.97 Å². The Morgan fingerprint density at radius 1 is 0.688 bits per heavy atom. The van der Waals surface area contributed by atoms with Crippen molar-refractivity contribution in [2.24, 2.45) is 0 Å². The topological polar surface area (TPSA) is 82.8 Å². The van der Waals surface area contributed by atoms with E-state index in [9.17, 15) is 14.4 Å². The van der Waals surface area contributed by atoms with E-state index in [1.165, 1.54) is 24.5 Å². The minimum atomic E-state index is -0.328. The Labute approximate surface area is 88.8 Å². The molecule has 0 atom stereocenters. The van der Waals surface area contributed by atoms with Gasteiger partial charge in [0.05, 0.1) is 0 Å². The first-order valence-corrected chi connectivity index (χ1v) is 4.67. The lowest BCUT2D eigenvalue weighted by Crippen LogP contribution is -2.08. The second-order valence-corrected chi connectivity index (χ2v) is 3.58. The fourth-order valence-electron chi connectivity index (χ4n) is 1.91. The van der Waals surface area contributed by atoms with Crippen molar-refractivity contribution in [2.75, 3.05) is 0 Å². The Hall–Kier alpha value is -2.43. The third kappa shape index (κ3) is 1.02. The molecule has 5 heteroatoms. The van der Waals surface area contributed by atoms with Crippen molar-refractivity contribution in [1.82, 2.24) is 9.97 Å². The first-order valence-electron chi connectivity index (χ1n) is 4.67. The van der Waals surface area contributed by atoms with Gasteiger partial charge < -0.3 is 9.97 Å². The smallest absolute Gasteiger partial charge is 0.248 e. The minimum absolute atomic E-state index is 0.276. The largest absolute Gasteiger partial charge is 0.328 e. The molecule has 1 aliphatic carbocycles. The van der Waals surface area contributed by atoms with Crippen molar-refractivity contribution in [1.29, 1.82) is 0 Å². The van der Waals surface area contributed by atoms with Crippen LogP contribution in [-0.2, 0) is 0 Å². The third-order valence-electron chi connectivity index (χ3n) is 2.63. The SMILES string of the molecule is O=C1c2cc(=O)[nH]cc2-c2c[nH]c(=O)cc21. The molecule has 3 rings (SSSR count). The Morgan fingerprint density at radius 3 is 1.56 bits per heavy atom. The number of hydrogen-bond donors (Lipinski definition) is 2. The summed E-state index contributed by atoms with van der Waals surface area (Å²) >= 11 is 0. The maximum absolute atomic E-state index is 11.9. The van der Waals surface area contributed by atoms with Crippen molar-refractivity contribution >= 4 is 5.78 Å². The zero-order valence-electron chi connectivity index (χ0n) is 8.03. The Kier molecular flexibility index (Phi) is 1.54. The fraction of sp³-hybridized carbons (Fsp3) is 0. The molecule has 1 aliphatic rings. The first-order chi connectivity index (χ1) is 7.66. The Bertz CT molecular complexity index is 663. The molecule has 0 spiro atoms. The summed E-state index contributed by atoms with van der Waals surface area (Å²) in [5, 5.41) is 0. The number of hydrogen-bond acceptors (Lipinski definition) is 3. The number of aromatic amines is 2. The predicted octanol–water partition coefficient (Wildman–Crippen LogP) is 0.275. The second kappa shape index (κ2) is 2.79. The van der Waals surface area contributed by atoms with Crippen LogP contribution in [0.2, 0.25) is 0 Å². The van der Waals surface area contributed by atoms with Crippen LogP contribution in [0.15, 0.2) is 34.1 Å². The van der Waals surface area contributed by atoms with E-state index in [4.69, 9.17) is 0 Å². The van der Waals surface area contributed by atoms with Gasteiger partial charge in [0.2, 0.25) is 11.1 Å². The summed E-state index contributed by atoms with van der Waals surface area (Å²) in [6.45, 7) is 0. The van der Waals surface area contributed by atoms with Crippen molar-refractivity contribution in [2.45, 2.75) is 0 Å². The monoisotopic (exact) mass is 214 g/mol. The van der Waals surface area contributed by atoms with Gasteiger partial charge in [-0.15, -0.1) is 0 Å². The van der Waals surface area contributed by atoms with Gasteiger partial charge in [0, 0.05) is 46.8 Å². The van der Waals surface area contributed by atoms with Crippen molar-refractivity contribution in [3.63, 3.8) is 0 Å². The van der Waals surface area contributed by atoms with Crippen molar-refractivity contribution < 1.29 is 4.79 Å². The highest BCUT2D eigenvalue weighted by molar-refractivity contribution is 6.21. The quantitative estimate of drug-likeness (QED) is 0.563. The lowest BCUT2D eigenvalue weighted by Gasteiger charge is -1.96. The molecule has 16 heavy (non-hydrogen) atoms. The first kappa shape index (κ1) is 8.84. The number of nitrogens with one attached hydrogen (secondary N) is 2. The molecule has 5 nitrogen and oxygen atoms in total.